The van der Waals surface area contributed by atoms with Crippen molar-refractivity contribution in [3.05, 3.63) is 77.9 Å². The van der Waals surface area contributed by atoms with Crippen LogP contribution in [0.4, 0.5) is 0 Å². The van der Waals surface area contributed by atoms with E-state index in [1.807, 2.05) is 63.2 Å². The van der Waals surface area contributed by atoms with E-state index < -0.39 is 23.9 Å². The Hall–Kier alpha value is -4.18. The van der Waals surface area contributed by atoms with E-state index in [1.165, 1.54) is 6.08 Å². The van der Waals surface area contributed by atoms with E-state index in [1.54, 1.807) is 25.3 Å². The van der Waals surface area contributed by atoms with Gasteiger partial charge in [-0.2, -0.15) is 0 Å². The molecule has 44 heavy (non-hydrogen) atoms. The fourth-order valence-corrected chi connectivity index (χ4v) is 5.49. The van der Waals surface area contributed by atoms with Gasteiger partial charge in [0.05, 0.1) is 13.2 Å². The zero-order valence-electron chi connectivity index (χ0n) is 25.9. The molecule has 2 heterocycles. The van der Waals surface area contributed by atoms with Crippen molar-refractivity contribution in [2.45, 2.75) is 76.8 Å². The summed E-state index contributed by atoms with van der Waals surface area (Å²) in [7, 11) is 1.58. The molecule has 0 radical (unpaired) electrons. The lowest BCUT2D eigenvalue weighted by atomic mass is 9.91. The average Bonchev–Trinajstić information content (AvgIpc) is 3.81. The Kier molecular flexibility index (Phi) is 11.5. The van der Waals surface area contributed by atoms with Gasteiger partial charge in [0.15, 0.2) is 0 Å². The minimum absolute atomic E-state index is 0.00871. The van der Waals surface area contributed by atoms with Gasteiger partial charge < -0.3 is 30.7 Å². The summed E-state index contributed by atoms with van der Waals surface area (Å²) < 4.78 is 11.3. The number of amides is 4. The summed E-state index contributed by atoms with van der Waals surface area (Å²) in [6.45, 7) is 6.07. The van der Waals surface area contributed by atoms with Crippen LogP contribution < -0.4 is 26.0 Å². The molecule has 4 amide bonds. The molecule has 2 aromatic carbocycles. The highest BCUT2D eigenvalue weighted by Crippen LogP contribution is 2.44. The highest BCUT2D eigenvalue weighted by Gasteiger charge is 2.46. The van der Waals surface area contributed by atoms with Crippen molar-refractivity contribution in [3.63, 3.8) is 0 Å². The first-order valence-corrected chi connectivity index (χ1v) is 15.3. The van der Waals surface area contributed by atoms with Crippen LogP contribution in [-0.4, -0.2) is 61.5 Å². The van der Waals surface area contributed by atoms with Gasteiger partial charge in [-0.3, -0.25) is 19.2 Å². The number of rotatable bonds is 8. The number of carbonyl (C=O) groups is 4. The van der Waals surface area contributed by atoms with Crippen LogP contribution in [0, 0.1) is 11.8 Å². The molecule has 6 atom stereocenters. The number of epoxide rings is 1. The maximum Gasteiger partial charge on any atom is 0.244 e. The Morgan fingerprint density at radius 1 is 0.886 bits per heavy atom. The second kappa shape index (κ2) is 15.5. The number of hydrogen-bond acceptors (Lipinski definition) is 6. The summed E-state index contributed by atoms with van der Waals surface area (Å²) in [4.78, 5) is 52.5. The third kappa shape index (κ3) is 9.41. The van der Waals surface area contributed by atoms with E-state index in [9.17, 15) is 19.2 Å². The lowest BCUT2D eigenvalue weighted by Gasteiger charge is -2.27. The van der Waals surface area contributed by atoms with Crippen molar-refractivity contribution < 1.29 is 28.7 Å². The normalized spacial score (nSPS) is 26.5. The zero-order valence-corrected chi connectivity index (χ0v) is 25.9. The second-order valence-corrected chi connectivity index (χ2v) is 11.9. The molecule has 1 saturated heterocycles. The standard InChI is InChI=1S/C34H44N4O6/c1-21(2)19-27-34(42)38-26(22(3)31-32(44-31)24-9-6-5-7-10-24)11-8-12-29(39)37-28(33(41)35-18-17-30(40)36-27)20-23-13-15-25(43-4)16-14-23/h5-10,12-16,21-22,26-28,31-32H,11,17-20H2,1-4H3,(H,35,41)(H,36,40)(H,37,39)(H,38,42)/b12-8+/t22-,26-,27-,28?,31+,32+/m0/s1. The molecule has 1 fully saturated rings. The topological polar surface area (TPSA) is 138 Å². The Morgan fingerprint density at radius 2 is 1.61 bits per heavy atom. The summed E-state index contributed by atoms with van der Waals surface area (Å²) in [5, 5.41) is 11.6. The Bertz CT molecular complexity index is 1310. The van der Waals surface area contributed by atoms with Crippen LogP contribution in [0.2, 0.25) is 0 Å². The highest BCUT2D eigenvalue weighted by atomic mass is 16.6. The number of carbonyl (C=O) groups excluding carboxylic acids is 4. The molecule has 4 rings (SSSR count). The van der Waals surface area contributed by atoms with Crippen molar-refractivity contribution in [1.29, 1.82) is 0 Å². The molecule has 0 bridgehead atoms. The Labute approximate surface area is 259 Å². The minimum atomic E-state index is -0.855. The zero-order chi connectivity index (χ0) is 31.6. The molecular weight excluding hydrogens is 560 g/mol. The summed E-state index contributed by atoms with van der Waals surface area (Å²) in [6.07, 6.45) is 4.01. The largest absolute Gasteiger partial charge is 0.497 e. The van der Waals surface area contributed by atoms with E-state index in [0.717, 1.165) is 11.1 Å². The van der Waals surface area contributed by atoms with Crippen LogP contribution in [0.15, 0.2) is 66.7 Å². The SMILES string of the molecule is COc1ccc(CC2NC(=O)/C=C/C[C@@H]([C@H](C)[C@H]3O[C@@H]3c3ccccc3)NC(=O)[C@H](CC(C)C)NC(=O)CCNC2=O)cc1. The number of ether oxygens (including phenoxy) is 2. The fraction of sp³-hybridized carbons (Fsp3) is 0.471. The van der Waals surface area contributed by atoms with Crippen LogP contribution in [-0.2, 0) is 30.3 Å². The Morgan fingerprint density at radius 3 is 2.30 bits per heavy atom. The third-order valence-corrected chi connectivity index (χ3v) is 8.04. The van der Waals surface area contributed by atoms with Crippen molar-refractivity contribution in [3.8, 4) is 5.75 Å². The molecule has 0 aliphatic carbocycles. The van der Waals surface area contributed by atoms with Crippen molar-refractivity contribution >= 4 is 23.6 Å². The number of methoxy groups -OCH3 is 1. The van der Waals surface area contributed by atoms with Crippen molar-refractivity contribution in [2.24, 2.45) is 11.8 Å². The van der Waals surface area contributed by atoms with Gasteiger partial charge in [0.2, 0.25) is 23.6 Å². The predicted octanol–water partition coefficient (Wildman–Crippen LogP) is 2.98. The van der Waals surface area contributed by atoms with E-state index in [0.29, 0.717) is 18.6 Å². The molecule has 2 aromatic rings. The lowest BCUT2D eigenvalue weighted by molar-refractivity contribution is -0.130. The summed E-state index contributed by atoms with van der Waals surface area (Å²) in [5.74, 6) is -0.689. The summed E-state index contributed by atoms with van der Waals surface area (Å²) >= 11 is 0. The fourth-order valence-electron chi connectivity index (χ4n) is 5.49. The summed E-state index contributed by atoms with van der Waals surface area (Å²) in [6, 6.07) is 15.3. The van der Waals surface area contributed by atoms with Crippen LogP contribution in [0.25, 0.3) is 0 Å². The molecule has 4 N–H and O–H groups in total. The average molecular weight is 605 g/mol. The molecule has 236 valence electrons. The first-order chi connectivity index (χ1) is 21.1. The monoisotopic (exact) mass is 604 g/mol. The molecule has 10 heteroatoms. The van der Waals surface area contributed by atoms with Gasteiger partial charge in [-0.05, 0) is 48.1 Å². The quantitative estimate of drug-likeness (QED) is 0.342. The van der Waals surface area contributed by atoms with Gasteiger partial charge in [0.25, 0.3) is 0 Å². The van der Waals surface area contributed by atoms with E-state index in [-0.39, 0.29) is 61.3 Å². The first-order valence-electron chi connectivity index (χ1n) is 15.3. The van der Waals surface area contributed by atoms with Gasteiger partial charge in [-0.25, -0.2) is 0 Å². The third-order valence-electron chi connectivity index (χ3n) is 8.04. The lowest BCUT2D eigenvalue weighted by Crippen LogP contribution is -2.52. The van der Waals surface area contributed by atoms with E-state index >= 15 is 0 Å². The van der Waals surface area contributed by atoms with Crippen LogP contribution in [0.5, 0.6) is 5.75 Å². The van der Waals surface area contributed by atoms with Gasteiger partial charge in [0, 0.05) is 31.3 Å². The van der Waals surface area contributed by atoms with E-state index in [4.69, 9.17) is 9.47 Å². The smallest absolute Gasteiger partial charge is 0.244 e. The number of nitrogens with one attached hydrogen (secondary N) is 4. The van der Waals surface area contributed by atoms with Gasteiger partial charge >= 0.3 is 0 Å². The highest BCUT2D eigenvalue weighted by molar-refractivity contribution is 5.93. The molecule has 1 unspecified atom stereocenters. The molecule has 2 aliphatic rings. The van der Waals surface area contributed by atoms with Gasteiger partial charge in [0.1, 0.15) is 23.9 Å². The van der Waals surface area contributed by atoms with Crippen LogP contribution in [0.3, 0.4) is 0 Å². The molecular formula is C34H44N4O6. The van der Waals surface area contributed by atoms with Crippen LogP contribution >= 0.6 is 0 Å². The number of hydrogen-bond donors (Lipinski definition) is 4. The van der Waals surface area contributed by atoms with Crippen LogP contribution in [0.1, 0.15) is 57.3 Å². The first kappa shape index (κ1) is 32.7. The maximum atomic E-state index is 13.5. The molecule has 10 nitrogen and oxygen atoms in total. The second-order valence-electron chi connectivity index (χ2n) is 11.9. The van der Waals surface area contributed by atoms with E-state index in [2.05, 4.69) is 21.3 Å². The molecule has 2 aliphatic heterocycles. The predicted molar refractivity (Wildman–Crippen MR) is 167 cm³/mol. The van der Waals surface area contributed by atoms with Gasteiger partial charge in [-0.15, -0.1) is 0 Å². The molecule has 0 spiro atoms. The maximum absolute atomic E-state index is 13.5. The minimum Gasteiger partial charge on any atom is -0.497 e. The van der Waals surface area contributed by atoms with Crippen molar-refractivity contribution in [1.82, 2.24) is 21.3 Å². The summed E-state index contributed by atoms with van der Waals surface area (Å²) in [5.41, 5.74) is 1.91. The Balaban J connectivity index is 1.54. The molecule has 0 aromatic heterocycles. The van der Waals surface area contributed by atoms with Gasteiger partial charge in [-0.1, -0.05) is 69.3 Å². The van der Waals surface area contributed by atoms with Crippen molar-refractivity contribution in [2.75, 3.05) is 13.7 Å². The molecule has 0 saturated carbocycles. The number of benzene rings is 2.